The summed E-state index contributed by atoms with van der Waals surface area (Å²) in [4.78, 5) is 12.0. The second-order valence-corrected chi connectivity index (χ2v) is 8.08. The molecule has 3 rings (SSSR count). The molecule has 8 heteroatoms. The molecule has 1 amide bonds. The number of carbonyl (C=O) groups excluding carboxylic acids is 1. The summed E-state index contributed by atoms with van der Waals surface area (Å²) < 4.78 is 35.1. The Morgan fingerprint density at radius 2 is 1.81 bits per heavy atom. The number of nitrogens with one attached hydrogen (secondary N) is 1. The first-order valence-electron chi connectivity index (χ1n) is 7.91. The summed E-state index contributed by atoms with van der Waals surface area (Å²) in [5.74, 6) is 2.34. The number of para-hydroxylation sites is 2. The average molecular weight is 397 g/mol. The lowest BCUT2D eigenvalue weighted by atomic mass is 10.2. The van der Waals surface area contributed by atoms with Crippen molar-refractivity contribution >= 4 is 35.1 Å². The number of alkyl halides is 2. The fourth-order valence-electron chi connectivity index (χ4n) is 2.38. The molecule has 0 spiro atoms. The lowest BCUT2D eigenvalue weighted by Crippen LogP contribution is -2.20. The van der Waals surface area contributed by atoms with E-state index in [1.807, 2.05) is 47.8 Å². The normalized spacial score (nSPS) is 14.4. The number of rotatable bonds is 7. The van der Waals surface area contributed by atoms with Crippen LogP contribution in [0.3, 0.4) is 0 Å². The highest BCUT2D eigenvalue weighted by Gasteiger charge is 2.18. The summed E-state index contributed by atoms with van der Waals surface area (Å²) >= 11 is 3.84. The first-order chi connectivity index (χ1) is 12.6. The molecule has 0 atom stereocenters. The highest BCUT2D eigenvalue weighted by atomic mass is 32.2. The monoisotopic (exact) mass is 397 g/mol. The van der Waals surface area contributed by atoms with Crippen molar-refractivity contribution in [1.82, 2.24) is 0 Å². The molecule has 0 aliphatic carbocycles. The molecule has 26 heavy (non-hydrogen) atoms. The number of amides is 1. The van der Waals surface area contributed by atoms with Crippen LogP contribution in [-0.4, -0.2) is 30.6 Å². The van der Waals surface area contributed by atoms with Gasteiger partial charge in [0, 0.05) is 11.5 Å². The highest BCUT2D eigenvalue weighted by Crippen LogP contribution is 2.45. The van der Waals surface area contributed by atoms with Gasteiger partial charge in [-0.15, -0.1) is 23.5 Å². The minimum atomic E-state index is -2.96. The van der Waals surface area contributed by atoms with Crippen molar-refractivity contribution in [1.29, 1.82) is 0 Å². The van der Waals surface area contributed by atoms with E-state index < -0.39 is 12.5 Å². The maximum atomic E-state index is 12.4. The number of carbonyl (C=O) groups is 1. The van der Waals surface area contributed by atoms with Crippen molar-refractivity contribution in [3.05, 3.63) is 54.1 Å². The molecular weight excluding hydrogens is 380 g/mol. The van der Waals surface area contributed by atoms with E-state index in [-0.39, 0.29) is 18.0 Å². The molecule has 2 aromatic rings. The van der Waals surface area contributed by atoms with E-state index in [0.717, 1.165) is 11.5 Å². The van der Waals surface area contributed by atoms with E-state index >= 15 is 0 Å². The van der Waals surface area contributed by atoms with Gasteiger partial charge in [0.2, 0.25) is 0 Å². The summed E-state index contributed by atoms with van der Waals surface area (Å²) in [6, 6.07) is 13.7. The Kier molecular flexibility index (Phi) is 6.62. The minimum absolute atomic E-state index is 0.0910. The van der Waals surface area contributed by atoms with Crippen LogP contribution in [0.4, 0.5) is 14.5 Å². The number of benzene rings is 2. The summed E-state index contributed by atoms with van der Waals surface area (Å²) in [5.41, 5.74) is 1.40. The van der Waals surface area contributed by atoms with Crippen LogP contribution in [0.25, 0.3) is 0 Å². The molecule has 1 heterocycles. The second kappa shape index (κ2) is 9.14. The van der Waals surface area contributed by atoms with Gasteiger partial charge in [0.1, 0.15) is 11.5 Å². The summed E-state index contributed by atoms with van der Waals surface area (Å²) in [7, 11) is 0. The molecule has 1 aliphatic rings. The zero-order valence-corrected chi connectivity index (χ0v) is 15.3. The van der Waals surface area contributed by atoms with Crippen LogP contribution in [0, 0.1) is 0 Å². The van der Waals surface area contributed by atoms with Crippen LogP contribution in [-0.2, 0) is 4.79 Å². The van der Waals surface area contributed by atoms with Crippen LogP contribution < -0.4 is 14.8 Å². The second-order valence-electron chi connectivity index (χ2n) is 5.35. The summed E-state index contributed by atoms with van der Waals surface area (Å²) in [6.45, 7) is -3.19. The van der Waals surface area contributed by atoms with Crippen LogP contribution >= 0.6 is 23.5 Å². The topological polar surface area (TPSA) is 47.6 Å². The van der Waals surface area contributed by atoms with Gasteiger partial charge in [-0.3, -0.25) is 4.79 Å². The zero-order valence-electron chi connectivity index (χ0n) is 13.7. The van der Waals surface area contributed by atoms with Crippen molar-refractivity contribution in [3.63, 3.8) is 0 Å². The first-order valence-corrected chi connectivity index (χ1v) is 10.0. The Labute approximate surface area is 158 Å². The lowest BCUT2D eigenvalue weighted by Gasteiger charge is -2.12. The van der Waals surface area contributed by atoms with Gasteiger partial charge in [0.15, 0.2) is 6.61 Å². The van der Waals surface area contributed by atoms with Crippen LogP contribution in [0.1, 0.15) is 10.1 Å². The van der Waals surface area contributed by atoms with Gasteiger partial charge in [-0.2, -0.15) is 8.78 Å². The molecule has 0 aromatic heterocycles. The number of halogens is 2. The molecule has 1 fully saturated rings. The molecule has 0 bridgehead atoms. The molecule has 138 valence electrons. The van der Waals surface area contributed by atoms with Crippen molar-refractivity contribution in [2.75, 3.05) is 23.4 Å². The van der Waals surface area contributed by atoms with E-state index in [0.29, 0.717) is 10.3 Å². The average Bonchev–Trinajstić information content (AvgIpc) is 3.16. The van der Waals surface area contributed by atoms with Gasteiger partial charge < -0.3 is 14.8 Å². The predicted molar refractivity (Wildman–Crippen MR) is 101 cm³/mol. The molecular formula is C18H17F2NO3S2. The third kappa shape index (κ3) is 5.28. The summed E-state index contributed by atoms with van der Waals surface area (Å²) in [6.07, 6.45) is 0. The fourth-order valence-corrected chi connectivity index (χ4v) is 5.24. The summed E-state index contributed by atoms with van der Waals surface area (Å²) in [5, 5.41) is 2.51. The maximum absolute atomic E-state index is 12.4. The standard InChI is InChI=1S/C18H17F2NO3S2/c19-18(20)24-15-4-2-1-3-14(15)21-16(22)11-23-13-7-5-12(6-8-13)17-25-9-10-26-17/h1-8,17-18H,9-11H2,(H,21,22). The number of thioether (sulfide) groups is 2. The van der Waals surface area contributed by atoms with Crippen molar-refractivity contribution < 1.29 is 23.0 Å². The highest BCUT2D eigenvalue weighted by molar-refractivity contribution is 8.19. The van der Waals surface area contributed by atoms with Crippen molar-refractivity contribution in [2.45, 2.75) is 11.2 Å². The minimum Gasteiger partial charge on any atom is -0.484 e. The Hall–Kier alpha value is -1.93. The molecule has 1 aliphatic heterocycles. The van der Waals surface area contributed by atoms with Crippen LogP contribution in [0.5, 0.6) is 11.5 Å². The van der Waals surface area contributed by atoms with Gasteiger partial charge >= 0.3 is 6.61 Å². The third-order valence-electron chi connectivity index (χ3n) is 3.52. The largest absolute Gasteiger partial charge is 0.484 e. The van der Waals surface area contributed by atoms with E-state index in [1.165, 1.54) is 17.7 Å². The molecule has 0 saturated carbocycles. The number of hydrogen-bond acceptors (Lipinski definition) is 5. The quantitative estimate of drug-likeness (QED) is 0.728. The Balaban J connectivity index is 1.53. The number of anilines is 1. The smallest absolute Gasteiger partial charge is 0.387 e. The molecule has 2 aromatic carbocycles. The van der Waals surface area contributed by atoms with E-state index in [2.05, 4.69) is 10.1 Å². The van der Waals surface area contributed by atoms with E-state index in [9.17, 15) is 13.6 Å². The van der Waals surface area contributed by atoms with Crippen LogP contribution in [0.15, 0.2) is 48.5 Å². The van der Waals surface area contributed by atoms with E-state index in [1.54, 1.807) is 12.1 Å². The molecule has 0 unspecified atom stereocenters. The number of hydrogen-bond donors (Lipinski definition) is 1. The van der Waals surface area contributed by atoms with Crippen LogP contribution in [0.2, 0.25) is 0 Å². The molecule has 1 saturated heterocycles. The lowest BCUT2D eigenvalue weighted by molar-refractivity contribution is -0.118. The molecule has 0 radical (unpaired) electrons. The van der Waals surface area contributed by atoms with Gasteiger partial charge in [0.25, 0.3) is 5.91 Å². The van der Waals surface area contributed by atoms with Gasteiger partial charge in [-0.05, 0) is 29.8 Å². The van der Waals surface area contributed by atoms with Gasteiger partial charge in [-0.25, -0.2) is 0 Å². The van der Waals surface area contributed by atoms with Crippen molar-refractivity contribution in [2.24, 2.45) is 0 Å². The zero-order chi connectivity index (χ0) is 18.4. The van der Waals surface area contributed by atoms with Crippen molar-refractivity contribution in [3.8, 4) is 11.5 Å². The third-order valence-corrected chi connectivity index (χ3v) is 6.63. The molecule has 1 N–H and O–H groups in total. The van der Waals surface area contributed by atoms with E-state index in [4.69, 9.17) is 4.74 Å². The van der Waals surface area contributed by atoms with Gasteiger partial charge in [0.05, 0.1) is 10.3 Å². The Morgan fingerprint density at radius 3 is 2.50 bits per heavy atom. The maximum Gasteiger partial charge on any atom is 0.387 e. The number of ether oxygens (including phenoxy) is 2. The molecule has 4 nitrogen and oxygen atoms in total. The van der Waals surface area contributed by atoms with Gasteiger partial charge in [-0.1, -0.05) is 24.3 Å². The SMILES string of the molecule is O=C(COc1ccc(C2SCCS2)cc1)Nc1ccccc1OC(F)F. The fraction of sp³-hybridized carbons (Fsp3) is 0.278. The first kappa shape index (κ1) is 18.8. The Bertz CT molecular complexity index is 737. The Morgan fingerprint density at radius 1 is 1.12 bits per heavy atom. The predicted octanol–water partition coefficient (Wildman–Crippen LogP) is 4.78.